The van der Waals surface area contributed by atoms with E-state index in [4.69, 9.17) is 4.74 Å². The van der Waals surface area contributed by atoms with Crippen molar-refractivity contribution in [1.29, 1.82) is 0 Å². The molecule has 20 heavy (non-hydrogen) atoms. The van der Waals surface area contributed by atoms with Gasteiger partial charge in [-0.2, -0.15) is 0 Å². The van der Waals surface area contributed by atoms with Gasteiger partial charge in [-0.15, -0.1) is 0 Å². The smallest absolute Gasteiger partial charge is 0.262 e. The molecule has 0 radical (unpaired) electrons. The third kappa shape index (κ3) is 3.47. The molecule has 0 spiro atoms. The van der Waals surface area contributed by atoms with Crippen molar-refractivity contribution in [3.05, 3.63) is 18.2 Å². The number of hydrogen-bond donors (Lipinski definition) is 3. The quantitative estimate of drug-likeness (QED) is 0.638. The van der Waals surface area contributed by atoms with E-state index in [1.165, 1.54) is 18.2 Å². The number of sulfonamides is 1. The lowest BCUT2D eigenvalue weighted by atomic mass is 10.2. The number of fused-ring (bicyclic) bond motifs is 1. The maximum atomic E-state index is 12.1. The van der Waals surface area contributed by atoms with Gasteiger partial charge >= 0.3 is 0 Å². The fourth-order valence-corrected chi connectivity index (χ4v) is 2.82. The molecule has 1 aromatic carbocycles. The zero-order valence-electron chi connectivity index (χ0n) is 11.1. The molecule has 8 heteroatoms. The molecule has 110 valence electrons. The zero-order chi connectivity index (χ0) is 14.6. The normalized spacial score (nSPS) is 14.3. The SMILES string of the molecule is CCNCCNS(=O)(=O)c1ccc2c(c1)NC(=O)CO2. The monoisotopic (exact) mass is 299 g/mol. The van der Waals surface area contributed by atoms with Crippen LogP contribution >= 0.6 is 0 Å². The van der Waals surface area contributed by atoms with Crippen LogP contribution in [0.5, 0.6) is 5.75 Å². The van der Waals surface area contributed by atoms with Gasteiger partial charge in [0.05, 0.1) is 10.6 Å². The van der Waals surface area contributed by atoms with Gasteiger partial charge in [-0.05, 0) is 24.7 Å². The predicted octanol–water partition coefficient (Wildman–Crippen LogP) is -0.0947. The van der Waals surface area contributed by atoms with Gasteiger partial charge in [0.25, 0.3) is 5.91 Å². The topological polar surface area (TPSA) is 96.5 Å². The van der Waals surface area contributed by atoms with Crippen molar-refractivity contribution in [3.63, 3.8) is 0 Å². The van der Waals surface area contributed by atoms with Crippen LogP contribution in [0.3, 0.4) is 0 Å². The molecule has 0 bridgehead atoms. The average Bonchev–Trinajstić information content (AvgIpc) is 2.43. The summed E-state index contributed by atoms with van der Waals surface area (Å²) in [4.78, 5) is 11.3. The van der Waals surface area contributed by atoms with E-state index >= 15 is 0 Å². The van der Waals surface area contributed by atoms with Crippen molar-refractivity contribution in [1.82, 2.24) is 10.0 Å². The molecule has 0 atom stereocenters. The maximum Gasteiger partial charge on any atom is 0.262 e. The van der Waals surface area contributed by atoms with Crippen LogP contribution in [0.2, 0.25) is 0 Å². The lowest BCUT2D eigenvalue weighted by Crippen LogP contribution is -2.32. The summed E-state index contributed by atoms with van der Waals surface area (Å²) < 4.78 is 31.8. The van der Waals surface area contributed by atoms with Gasteiger partial charge in [0.2, 0.25) is 10.0 Å². The number of rotatable bonds is 6. The Morgan fingerprint density at radius 1 is 1.35 bits per heavy atom. The lowest BCUT2D eigenvalue weighted by molar-refractivity contribution is -0.118. The molecule has 1 aliphatic rings. The minimum absolute atomic E-state index is 0.0555. The average molecular weight is 299 g/mol. The minimum atomic E-state index is -3.59. The number of anilines is 1. The summed E-state index contributed by atoms with van der Waals surface area (Å²) in [5.74, 6) is 0.170. The van der Waals surface area contributed by atoms with Crippen LogP contribution in [-0.4, -0.2) is 40.6 Å². The van der Waals surface area contributed by atoms with E-state index in [1.54, 1.807) is 0 Å². The van der Waals surface area contributed by atoms with Crippen molar-refractivity contribution in [2.75, 3.05) is 31.6 Å². The fraction of sp³-hybridized carbons (Fsp3) is 0.417. The number of carbonyl (C=O) groups excluding carboxylic acids is 1. The van der Waals surface area contributed by atoms with Gasteiger partial charge in [0.15, 0.2) is 6.61 Å². The maximum absolute atomic E-state index is 12.1. The summed E-state index contributed by atoms with van der Waals surface area (Å²) in [6.45, 7) is 3.53. The van der Waals surface area contributed by atoms with Crippen LogP contribution in [0.15, 0.2) is 23.1 Å². The first-order chi connectivity index (χ1) is 9.53. The van der Waals surface area contributed by atoms with Crippen LogP contribution in [0.1, 0.15) is 6.92 Å². The number of carbonyl (C=O) groups is 1. The van der Waals surface area contributed by atoms with Crippen LogP contribution in [-0.2, 0) is 14.8 Å². The highest BCUT2D eigenvalue weighted by Crippen LogP contribution is 2.29. The van der Waals surface area contributed by atoms with Crippen molar-refractivity contribution in [3.8, 4) is 5.75 Å². The van der Waals surface area contributed by atoms with Gasteiger partial charge in [0, 0.05) is 13.1 Å². The van der Waals surface area contributed by atoms with Gasteiger partial charge in [0.1, 0.15) is 5.75 Å². The summed E-state index contributed by atoms with van der Waals surface area (Å²) in [6.07, 6.45) is 0. The Balaban J connectivity index is 2.12. The largest absolute Gasteiger partial charge is 0.482 e. The molecule has 0 saturated carbocycles. The molecule has 0 unspecified atom stereocenters. The first-order valence-corrected chi connectivity index (χ1v) is 7.78. The Morgan fingerprint density at radius 3 is 2.90 bits per heavy atom. The molecule has 0 aromatic heterocycles. The lowest BCUT2D eigenvalue weighted by Gasteiger charge is -2.18. The third-order valence-electron chi connectivity index (χ3n) is 2.74. The van der Waals surface area contributed by atoms with E-state index in [1.807, 2.05) is 6.92 Å². The van der Waals surface area contributed by atoms with E-state index in [0.717, 1.165) is 6.54 Å². The molecule has 0 aliphatic carbocycles. The standard InChI is InChI=1S/C12H17N3O4S/c1-2-13-5-6-14-20(17,18)9-3-4-11-10(7-9)15-12(16)8-19-11/h3-4,7,13-14H,2,5-6,8H2,1H3,(H,15,16). The number of nitrogens with one attached hydrogen (secondary N) is 3. The Labute approximate surface area is 117 Å². The molecule has 7 nitrogen and oxygen atoms in total. The van der Waals surface area contributed by atoms with E-state index in [0.29, 0.717) is 24.5 Å². The number of ether oxygens (including phenoxy) is 1. The molecule has 1 amide bonds. The molecular weight excluding hydrogens is 282 g/mol. The number of amides is 1. The highest BCUT2D eigenvalue weighted by molar-refractivity contribution is 7.89. The predicted molar refractivity (Wildman–Crippen MR) is 74.3 cm³/mol. The van der Waals surface area contributed by atoms with Gasteiger partial charge < -0.3 is 15.4 Å². The molecule has 2 rings (SSSR count). The van der Waals surface area contributed by atoms with Crippen LogP contribution in [0.25, 0.3) is 0 Å². The Kier molecular flexibility index (Phi) is 4.58. The summed E-state index contributed by atoms with van der Waals surface area (Å²) in [7, 11) is -3.59. The Hall–Kier alpha value is -1.64. The van der Waals surface area contributed by atoms with Crippen molar-refractivity contribution in [2.24, 2.45) is 0 Å². The highest BCUT2D eigenvalue weighted by atomic mass is 32.2. The second kappa shape index (κ2) is 6.21. The number of hydrogen-bond acceptors (Lipinski definition) is 5. The first kappa shape index (κ1) is 14.8. The fourth-order valence-electron chi connectivity index (χ4n) is 1.76. The van der Waals surface area contributed by atoms with Crippen molar-refractivity contribution in [2.45, 2.75) is 11.8 Å². The summed E-state index contributed by atoms with van der Waals surface area (Å²) in [5.41, 5.74) is 0.371. The molecule has 1 aromatic rings. The van der Waals surface area contributed by atoms with Crippen LogP contribution in [0.4, 0.5) is 5.69 Å². The highest BCUT2D eigenvalue weighted by Gasteiger charge is 2.20. The second-order valence-corrected chi connectivity index (χ2v) is 6.01. The molecule has 1 heterocycles. The Bertz CT molecular complexity index is 601. The molecular formula is C12H17N3O4S. The van der Waals surface area contributed by atoms with Gasteiger partial charge in [-0.1, -0.05) is 6.92 Å². The summed E-state index contributed by atoms with van der Waals surface area (Å²) in [6, 6.07) is 4.38. The number of benzene rings is 1. The van der Waals surface area contributed by atoms with E-state index < -0.39 is 10.0 Å². The van der Waals surface area contributed by atoms with E-state index in [9.17, 15) is 13.2 Å². The minimum Gasteiger partial charge on any atom is -0.482 e. The molecule has 0 saturated heterocycles. The van der Waals surface area contributed by atoms with E-state index in [-0.39, 0.29) is 17.4 Å². The molecule has 0 fully saturated rings. The second-order valence-electron chi connectivity index (χ2n) is 4.25. The zero-order valence-corrected chi connectivity index (χ0v) is 11.9. The van der Waals surface area contributed by atoms with Gasteiger partial charge in [-0.25, -0.2) is 13.1 Å². The van der Waals surface area contributed by atoms with Crippen molar-refractivity contribution < 1.29 is 17.9 Å². The van der Waals surface area contributed by atoms with E-state index in [2.05, 4.69) is 15.4 Å². The van der Waals surface area contributed by atoms with Crippen molar-refractivity contribution >= 4 is 21.6 Å². The van der Waals surface area contributed by atoms with Crippen LogP contribution in [0, 0.1) is 0 Å². The third-order valence-corrected chi connectivity index (χ3v) is 4.20. The van der Waals surface area contributed by atoms with Crippen LogP contribution < -0.4 is 20.1 Å². The summed E-state index contributed by atoms with van der Waals surface area (Å²) >= 11 is 0. The molecule has 3 N–H and O–H groups in total. The summed E-state index contributed by atoms with van der Waals surface area (Å²) in [5, 5.41) is 5.60. The first-order valence-electron chi connectivity index (χ1n) is 6.30. The van der Waals surface area contributed by atoms with Gasteiger partial charge in [-0.3, -0.25) is 4.79 Å². The number of likely N-dealkylation sites (N-methyl/N-ethyl adjacent to an activating group) is 1. The Morgan fingerprint density at radius 2 is 2.15 bits per heavy atom. The molecule has 1 aliphatic heterocycles.